The van der Waals surface area contributed by atoms with Crippen molar-refractivity contribution in [1.29, 1.82) is 0 Å². The van der Waals surface area contributed by atoms with E-state index in [1.807, 2.05) is 0 Å². The van der Waals surface area contributed by atoms with Crippen molar-refractivity contribution in [2.45, 2.75) is 25.4 Å². The number of halogens is 1. The predicted octanol–water partition coefficient (Wildman–Crippen LogP) is 1.80. The van der Waals surface area contributed by atoms with Crippen molar-refractivity contribution >= 4 is 17.3 Å². The normalized spacial score (nSPS) is 21.1. The Morgan fingerprint density at radius 3 is 2.95 bits per heavy atom. The molecular weight excluding hydrogens is 267 g/mol. The summed E-state index contributed by atoms with van der Waals surface area (Å²) in [5.74, 6) is -1.02. The smallest absolute Gasteiger partial charge is 0.305 e. The lowest BCUT2D eigenvalue weighted by atomic mass is 10.1. The van der Waals surface area contributed by atoms with Crippen LogP contribution in [0, 0.1) is 15.9 Å². The molecule has 0 radical (unpaired) electrons. The van der Waals surface area contributed by atoms with E-state index in [9.17, 15) is 19.3 Å². The summed E-state index contributed by atoms with van der Waals surface area (Å²) < 4.78 is 19.4. The van der Waals surface area contributed by atoms with E-state index in [0.717, 1.165) is 12.5 Å². The Balaban J connectivity index is 1.92. The zero-order valence-corrected chi connectivity index (χ0v) is 10.7. The molecule has 1 amide bonds. The fourth-order valence-corrected chi connectivity index (χ4v) is 2.75. The zero-order chi connectivity index (χ0) is 14.3. The van der Waals surface area contributed by atoms with E-state index in [0.29, 0.717) is 31.7 Å². The lowest BCUT2D eigenvalue weighted by Gasteiger charge is -2.20. The standard InChI is InChI=1S/C13H13FN2O4/c14-12-8-5-6-15(13(17)11-2-1-7-20-11)9(8)3-4-10(12)16(18)19/h3-4,11H,1-2,5-7H2/t11-/m1/s1. The minimum Gasteiger partial charge on any atom is -0.368 e. The highest BCUT2D eigenvalue weighted by Crippen LogP contribution is 2.35. The summed E-state index contributed by atoms with van der Waals surface area (Å²) in [7, 11) is 0. The van der Waals surface area contributed by atoms with Gasteiger partial charge in [0.2, 0.25) is 5.82 Å². The van der Waals surface area contributed by atoms with E-state index in [2.05, 4.69) is 0 Å². The third-order valence-electron chi connectivity index (χ3n) is 3.74. The molecule has 1 fully saturated rings. The molecule has 2 aliphatic rings. The highest BCUT2D eigenvalue weighted by molar-refractivity contribution is 5.98. The Labute approximate surface area is 114 Å². The predicted molar refractivity (Wildman–Crippen MR) is 68.1 cm³/mol. The van der Waals surface area contributed by atoms with Gasteiger partial charge < -0.3 is 9.64 Å². The Kier molecular flexibility index (Phi) is 3.13. The summed E-state index contributed by atoms with van der Waals surface area (Å²) in [6.45, 7) is 0.901. The summed E-state index contributed by atoms with van der Waals surface area (Å²) in [6.07, 6.45) is 1.33. The van der Waals surface area contributed by atoms with Crippen molar-refractivity contribution in [3.8, 4) is 0 Å². The number of ether oxygens (including phenoxy) is 1. The van der Waals surface area contributed by atoms with Gasteiger partial charge in [-0.25, -0.2) is 0 Å². The van der Waals surface area contributed by atoms with Crippen molar-refractivity contribution < 1.29 is 18.8 Å². The van der Waals surface area contributed by atoms with Gasteiger partial charge in [0.1, 0.15) is 6.10 Å². The van der Waals surface area contributed by atoms with Gasteiger partial charge in [0, 0.05) is 24.8 Å². The number of hydrogen-bond donors (Lipinski definition) is 0. The zero-order valence-electron chi connectivity index (χ0n) is 10.7. The number of nitrogens with zero attached hydrogens (tertiary/aromatic N) is 2. The third-order valence-corrected chi connectivity index (χ3v) is 3.74. The minimum absolute atomic E-state index is 0.186. The molecule has 1 aromatic rings. The first kappa shape index (κ1) is 13.0. The largest absolute Gasteiger partial charge is 0.368 e. The quantitative estimate of drug-likeness (QED) is 0.611. The van der Waals surface area contributed by atoms with Crippen LogP contribution in [0.25, 0.3) is 0 Å². The first-order valence-corrected chi connectivity index (χ1v) is 6.48. The van der Waals surface area contributed by atoms with Crippen LogP contribution in [0.2, 0.25) is 0 Å². The lowest BCUT2D eigenvalue weighted by molar-refractivity contribution is -0.387. The summed E-state index contributed by atoms with van der Waals surface area (Å²) in [4.78, 5) is 23.7. The van der Waals surface area contributed by atoms with Crippen LogP contribution in [0.15, 0.2) is 12.1 Å². The van der Waals surface area contributed by atoms with Crippen molar-refractivity contribution in [2.24, 2.45) is 0 Å². The monoisotopic (exact) mass is 280 g/mol. The number of amides is 1. The van der Waals surface area contributed by atoms with Gasteiger partial charge in [0.25, 0.3) is 5.91 Å². The fourth-order valence-electron chi connectivity index (χ4n) is 2.75. The summed E-state index contributed by atoms with van der Waals surface area (Å²) >= 11 is 0. The van der Waals surface area contributed by atoms with E-state index < -0.39 is 22.5 Å². The molecule has 1 aromatic carbocycles. The van der Waals surface area contributed by atoms with Crippen LogP contribution in [0.1, 0.15) is 18.4 Å². The van der Waals surface area contributed by atoms with Crippen molar-refractivity contribution in [3.05, 3.63) is 33.6 Å². The number of benzene rings is 1. The molecule has 2 heterocycles. The van der Waals surface area contributed by atoms with Crippen LogP contribution >= 0.6 is 0 Å². The first-order valence-electron chi connectivity index (χ1n) is 6.48. The van der Waals surface area contributed by atoms with Gasteiger partial charge in [-0.2, -0.15) is 4.39 Å². The van der Waals surface area contributed by atoms with Gasteiger partial charge in [0.05, 0.1) is 10.6 Å². The molecule has 0 aromatic heterocycles. The molecule has 2 aliphatic heterocycles. The van der Waals surface area contributed by atoms with E-state index >= 15 is 0 Å². The second-order valence-corrected chi connectivity index (χ2v) is 4.89. The van der Waals surface area contributed by atoms with Gasteiger partial charge in [0.15, 0.2) is 0 Å². The lowest BCUT2D eigenvalue weighted by Crippen LogP contribution is -2.37. The molecule has 0 aliphatic carbocycles. The highest BCUT2D eigenvalue weighted by atomic mass is 19.1. The molecule has 0 saturated carbocycles. The van der Waals surface area contributed by atoms with Gasteiger partial charge in [-0.3, -0.25) is 14.9 Å². The summed E-state index contributed by atoms with van der Waals surface area (Å²) in [5, 5.41) is 10.7. The van der Waals surface area contributed by atoms with E-state index in [-0.39, 0.29) is 11.5 Å². The number of carbonyl (C=O) groups excluding carboxylic acids is 1. The van der Waals surface area contributed by atoms with Crippen LogP contribution in [0.5, 0.6) is 0 Å². The van der Waals surface area contributed by atoms with Crippen molar-refractivity contribution in [3.63, 3.8) is 0 Å². The molecule has 1 atom stereocenters. The second kappa shape index (κ2) is 4.82. The Morgan fingerprint density at radius 2 is 2.30 bits per heavy atom. The van der Waals surface area contributed by atoms with Crippen molar-refractivity contribution in [2.75, 3.05) is 18.1 Å². The summed E-state index contributed by atoms with van der Waals surface area (Å²) in [5.41, 5.74) is 0.120. The van der Waals surface area contributed by atoms with Crippen LogP contribution in [0.3, 0.4) is 0 Å². The summed E-state index contributed by atoms with van der Waals surface area (Å²) in [6, 6.07) is 2.55. The first-order chi connectivity index (χ1) is 9.59. The SMILES string of the molecule is O=C([C@H]1CCCO1)N1CCc2c1ccc([N+](=O)[O-])c2F. The maximum absolute atomic E-state index is 14.0. The molecular formula is C13H13FN2O4. The van der Waals surface area contributed by atoms with E-state index in [1.165, 1.54) is 11.0 Å². The van der Waals surface area contributed by atoms with E-state index in [1.54, 1.807) is 0 Å². The molecule has 1 saturated heterocycles. The molecule has 0 unspecified atom stereocenters. The van der Waals surface area contributed by atoms with Crippen LogP contribution in [0.4, 0.5) is 15.8 Å². The molecule has 0 N–H and O–H groups in total. The van der Waals surface area contributed by atoms with E-state index in [4.69, 9.17) is 4.74 Å². The molecule has 6 nitrogen and oxygen atoms in total. The molecule has 106 valence electrons. The number of nitro groups is 1. The number of hydrogen-bond acceptors (Lipinski definition) is 4. The maximum Gasteiger partial charge on any atom is 0.305 e. The Bertz CT molecular complexity index is 584. The van der Waals surface area contributed by atoms with Gasteiger partial charge in [-0.1, -0.05) is 0 Å². The van der Waals surface area contributed by atoms with Gasteiger partial charge >= 0.3 is 5.69 Å². The highest BCUT2D eigenvalue weighted by Gasteiger charge is 2.35. The van der Waals surface area contributed by atoms with Crippen molar-refractivity contribution in [1.82, 2.24) is 0 Å². The molecule has 7 heteroatoms. The number of fused-ring (bicyclic) bond motifs is 1. The Hall–Kier alpha value is -2.02. The molecule has 0 bridgehead atoms. The van der Waals surface area contributed by atoms with Crippen LogP contribution in [-0.2, 0) is 16.0 Å². The molecule has 20 heavy (non-hydrogen) atoms. The average Bonchev–Trinajstić information content (AvgIpc) is 3.07. The number of carbonyl (C=O) groups is 1. The Morgan fingerprint density at radius 1 is 1.50 bits per heavy atom. The van der Waals surface area contributed by atoms with Gasteiger partial charge in [-0.15, -0.1) is 0 Å². The molecule has 0 spiro atoms. The van der Waals surface area contributed by atoms with Gasteiger partial charge in [-0.05, 0) is 25.3 Å². The fraction of sp³-hybridized carbons (Fsp3) is 0.462. The minimum atomic E-state index is -0.838. The topological polar surface area (TPSA) is 72.7 Å². The third kappa shape index (κ3) is 1.94. The average molecular weight is 280 g/mol. The van der Waals surface area contributed by atoms with Crippen LogP contribution < -0.4 is 4.90 Å². The molecule has 3 rings (SSSR count). The number of rotatable bonds is 2. The van der Waals surface area contributed by atoms with Crippen LogP contribution in [-0.4, -0.2) is 30.1 Å². The second-order valence-electron chi connectivity index (χ2n) is 4.89. The number of anilines is 1. The maximum atomic E-state index is 14.0. The number of nitro benzene ring substituents is 1.